The number of halogens is 3. The van der Waals surface area contributed by atoms with Crippen molar-refractivity contribution in [2.75, 3.05) is 19.0 Å². The van der Waals surface area contributed by atoms with E-state index in [0.717, 1.165) is 10.2 Å². The Morgan fingerprint density at radius 2 is 1.85 bits per heavy atom. The Kier molecular flexibility index (Phi) is 5.26. The van der Waals surface area contributed by atoms with Gasteiger partial charge in [0.25, 0.3) is 5.91 Å². The Bertz CT molecular complexity index is 1170. The van der Waals surface area contributed by atoms with Gasteiger partial charge < -0.3 is 15.0 Å². The highest BCUT2D eigenvalue weighted by Gasteiger charge is 2.47. The minimum absolute atomic E-state index is 0.105. The van der Waals surface area contributed by atoms with Crippen molar-refractivity contribution < 1.29 is 22.7 Å². The highest BCUT2D eigenvalue weighted by atomic mass is 19.4. The number of carbonyl (C=O) groups excluding carboxylic acids is 1. The van der Waals surface area contributed by atoms with Crippen LogP contribution in [0.25, 0.3) is 0 Å². The third-order valence-corrected chi connectivity index (χ3v) is 6.40. The van der Waals surface area contributed by atoms with Crippen LogP contribution in [0.2, 0.25) is 0 Å². The van der Waals surface area contributed by atoms with Crippen molar-refractivity contribution in [2.45, 2.75) is 37.6 Å². The summed E-state index contributed by atoms with van der Waals surface area (Å²) in [5.41, 5.74) is 3.08. The molecule has 33 heavy (non-hydrogen) atoms. The number of benzene rings is 2. The second-order valence-electron chi connectivity index (χ2n) is 8.36. The molecule has 1 amide bonds. The van der Waals surface area contributed by atoms with Crippen LogP contribution in [0.5, 0.6) is 5.75 Å². The van der Waals surface area contributed by atoms with Crippen LogP contribution >= 0.6 is 0 Å². The molecule has 0 saturated carbocycles. The molecule has 2 aromatic carbocycles. The van der Waals surface area contributed by atoms with Crippen molar-refractivity contribution >= 4 is 11.7 Å². The van der Waals surface area contributed by atoms with Gasteiger partial charge in [-0.3, -0.25) is 4.79 Å². The highest BCUT2D eigenvalue weighted by Crippen LogP contribution is 2.44. The van der Waals surface area contributed by atoms with Gasteiger partial charge in [0.2, 0.25) is 0 Å². The molecule has 0 radical (unpaired) electrons. The molecule has 0 saturated heterocycles. The van der Waals surface area contributed by atoms with Crippen molar-refractivity contribution in [2.24, 2.45) is 0 Å². The van der Waals surface area contributed by atoms with Crippen LogP contribution in [0.15, 0.2) is 54.7 Å². The van der Waals surface area contributed by atoms with E-state index < -0.39 is 18.3 Å². The van der Waals surface area contributed by atoms with Crippen LogP contribution in [-0.2, 0) is 13.0 Å². The van der Waals surface area contributed by atoms with Crippen molar-refractivity contribution in [1.82, 2.24) is 14.7 Å². The standard InChI is InChI=1S/C24H23F3N4O2/c1-33-18-8-6-16(7-9-18)20-12-21(24(25,26)27)31-22(29-20)19(13-28-31)23(32)30-11-10-15-4-2-3-5-17(15)14-30/h2-9,13,20-21,29H,10-12,14H2,1H3/t20-,21-/m1/s1. The van der Waals surface area contributed by atoms with Gasteiger partial charge in [-0.2, -0.15) is 18.3 Å². The van der Waals surface area contributed by atoms with Crippen LogP contribution in [0, 0.1) is 0 Å². The number of ether oxygens (including phenoxy) is 1. The molecular weight excluding hydrogens is 433 g/mol. The Balaban J connectivity index is 1.47. The van der Waals surface area contributed by atoms with Crippen LogP contribution in [0.1, 0.15) is 45.6 Å². The minimum Gasteiger partial charge on any atom is -0.497 e. The van der Waals surface area contributed by atoms with E-state index in [-0.39, 0.29) is 23.7 Å². The van der Waals surface area contributed by atoms with Crippen molar-refractivity contribution in [3.8, 4) is 5.75 Å². The zero-order valence-electron chi connectivity index (χ0n) is 18.0. The molecule has 5 rings (SSSR count). The number of hydrogen-bond acceptors (Lipinski definition) is 4. The molecule has 6 nitrogen and oxygen atoms in total. The first kappa shape index (κ1) is 21.4. The number of aromatic nitrogens is 2. The van der Waals surface area contributed by atoms with Crippen LogP contribution in [0.4, 0.5) is 19.0 Å². The van der Waals surface area contributed by atoms with E-state index in [0.29, 0.717) is 30.8 Å². The van der Waals surface area contributed by atoms with Gasteiger partial charge in [-0.15, -0.1) is 0 Å². The number of alkyl halides is 3. The first-order valence-electron chi connectivity index (χ1n) is 10.8. The smallest absolute Gasteiger partial charge is 0.410 e. The Morgan fingerprint density at radius 3 is 2.55 bits per heavy atom. The Labute approximate surface area is 189 Å². The summed E-state index contributed by atoms with van der Waals surface area (Å²) in [5, 5.41) is 7.14. The molecule has 9 heteroatoms. The van der Waals surface area contributed by atoms with E-state index in [2.05, 4.69) is 10.4 Å². The van der Waals surface area contributed by atoms with Gasteiger partial charge in [-0.05, 0) is 35.2 Å². The van der Waals surface area contributed by atoms with E-state index in [1.54, 1.807) is 29.2 Å². The first-order valence-corrected chi connectivity index (χ1v) is 10.8. The Hall–Kier alpha value is -3.49. The number of carbonyl (C=O) groups is 1. The largest absolute Gasteiger partial charge is 0.497 e. The van der Waals surface area contributed by atoms with Gasteiger partial charge in [-0.1, -0.05) is 36.4 Å². The normalized spacial score (nSPS) is 19.9. The molecule has 3 aromatic rings. The highest BCUT2D eigenvalue weighted by molar-refractivity contribution is 5.99. The number of rotatable bonds is 3. The van der Waals surface area contributed by atoms with Gasteiger partial charge in [0.1, 0.15) is 17.1 Å². The van der Waals surface area contributed by atoms with Gasteiger partial charge in [0.05, 0.1) is 19.3 Å². The molecule has 1 aromatic heterocycles. The molecule has 2 atom stereocenters. The fourth-order valence-corrected chi connectivity index (χ4v) is 4.61. The molecule has 0 unspecified atom stereocenters. The second-order valence-corrected chi connectivity index (χ2v) is 8.36. The van der Waals surface area contributed by atoms with Gasteiger partial charge >= 0.3 is 6.18 Å². The lowest BCUT2D eigenvalue weighted by Gasteiger charge is -2.34. The summed E-state index contributed by atoms with van der Waals surface area (Å²) in [6.45, 7) is 0.926. The van der Waals surface area contributed by atoms with E-state index in [9.17, 15) is 18.0 Å². The van der Waals surface area contributed by atoms with E-state index in [1.807, 2.05) is 24.3 Å². The quantitative estimate of drug-likeness (QED) is 0.618. The maximum absolute atomic E-state index is 14.0. The molecule has 172 valence electrons. The summed E-state index contributed by atoms with van der Waals surface area (Å²) in [6, 6.07) is 12.3. The van der Waals surface area contributed by atoms with Gasteiger partial charge in [0, 0.05) is 19.5 Å². The zero-order valence-corrected chi connectivity index (χ0v) is 18.0. The Morgan fingerprint density at radius 1 is 1.12 bits per heavy atom. The fraction of sp³-hybridized carbons (Fsp3) is 0.333. The lowest BCUT2D eigenvalue weighted by Crippen LogP contribution is -2.38. The summed E-state index contributed by atoms with van der Waals surface area (Å²) in [5.74, 6) is 0.399. The predicted octanol–water partition coefficient (Wildman–Crippen LogP) is 4.75. The number of fused-ring (bicyclic) bond motifs is 2. The number of anilines is 1. The minimum atomic E-state index is -4.50. The maximum Gasteiger partial charge on any atom is 0.410 e. The van der Waals surface area contributed by atoms with Gasteiger partial charge in [0.15, 0.2) is 6.04 Å². The average molecular weight is 456 g/mol. The fourth-order valence-electron chi connectivity index (χ4n) is 4.61. The first-order chi connectivity index (χ1) is 15.8. The lowest BCUT2D eigenvalue weighted by atomic mass is 9.96. The molecule has 0 aliphatic carbocycles. The second kappa shape index (κ2) is 8.13. The molecular formula is C24H23F3N4O2. The lowest BCUT2D eigenvalue weighted by molar-refractivity contribution is -0.173. The number of amides is 1. The topological polar surface area (TPSA) is 59.4 Å². The average Bonchev–Trinajstić information content (AvgIpc) is 3.26. The van der Waals surface area contributed by atoms with Crippen molar-refractivity contribution in [1.29, 1.82) is 0 Å². The summed E-state index contributed by atoms with van der Waals surface area (Å²) in [7, 11) is 1.53. The third-order valence-electron chi connectivity index (χ3n) is 6.40. The summed E-state index contributed by atoms with van der Waals surface area (Å²) in [4.78, 5) is 15.0. The molecule has 2 aliphatic heterocycles. The maximum atomic E-state index is 14.0. The summed E-state index contributed by atoms with van der Waals surface area (Å²) in [6.07, 6.45) is -2.77. The van der Waals surface area contributed by atoms with Gasteiger partial charge in [-0.25, -0.2) is 4.68 Å². The van der Waals surface area contributed by atoms with Crippen LogP contribution < -0.4 is 10.1 Å². The summed E-state index contributed by atoms with van der Waals surface area (Å²) >= 11 is 0. The van der Waals surface area contributed by atoms with E-state index in [1.165, 1.54) is 18.9 Å². The predicted molar refractivity (Wildman–Crippen MR) is 116 cm³/mol. The summed E-state index contributed by atoms with van der Waals surface area (Å²) < 4.78 is 47.9. The van der Waals surface area contributed by atoms with Crippen molar-refractivity contribution in [3.05, 3.63) is 77.0 Å². The molecule has 0 fully saturated rings. The molecule has 0 spiro atoms. The number of nitrogens with zero attached hydrogens (tertiary/aromatic N) is 3. The molecule has 2 aliphatic rings. The van der Waals surface area contributed by atoms with E-state index in [4.69, 9.17) is 4.74 Å². The SMILES string of the molecule is COc1ccc([C@H]2C[C@H](C(F)(F)F)n3ncc(C(=O)N4CCc5ccccc5C4)c3N2)cc1. The number of methoxy groups -OCH3 is 1. The number of hydrogen-bond donors (Lipinski definition) is 1. The number of nitrogens with one attached hydrogen (secondary N) is 1. The molecule has 1 N–H and O–H groups in total. The van der Waals surface area contributed by atoms with Crippen LogP contribution in [0.3, 0.4) is 0 Å². The molecule has 0 bridgehead atoms. The third kappa shape index (κ3) is 3.92. The van der Waals surface area contributed by atoms with Crippen molar-refractivity contribution in [3.63, 3.8) is 0 Å². The molecule has 3 heterocycles. The van der Waals surface area contributed by atoms with E-state index >= 15 is 0 Å². The zero-order chi connectivity index (χ0) is 23.2. The van der Waals surface area contributed by atoms with Crippen LogP contribution in [-0.4, -0.2) is 40.4 Å². The monoisotopic (exact) mass is 456 g/mol.